The molecule has 8 heteroatoms. The van der Waals surface area contributed by atoms with Crippen molar-refractivity contribution in [2.24, 2.45) is 0 Å². The normalized spacial score (nSPS) is 10.6. The zero-order chi connectivity index (χ0) is 10.8. The standard InChI is InChI=1S/C7H6Cl2O4S.Na/c8-5-2-1-3-6(7(5)9)13-4-14(10,11)12;/h1-3H,4H2,(H,10,11,12);/q;+1/p-1. The Morgan fingerprint density at radius 2 is 1.93 bits per heavy atom. The van der Waals surface area contributed by atoms with Gasteiger partial charge in [0.05, 0.1) is 5.02 Å². The smallest absolute Gasteiger partial charge is 0.745 e. The summed E-state index contributed by atoms with van der Waals surface area (Å²) < 4.78 is 35.4. The molecule has 0 aliphatic heterocycles. The van der Waals surface area contributed by atoms with Crippen molar-refractivity contribution in [1.82, 2.24) is 0 Å². The first-order valence-electron chi connectivity index (χ1n) is 3.40. The van der Waals surface area contributed by atoms with Gasteiger partial charge in [0.2, 0.25) is 0 Å². The summed E-state index contributed by atoms with van der Waals surface area (Å²) in [6.45, 7) is 0. The molecule has 0 fully saturated rings. The number of halogens is 2. The largest absolute Gasteiger partial charge is 1.00 e. The maximum atomic E-state index is 10.2. The third-order valence-corrected chi connectivity index (χ3v) is 2.48. The molecule has 15 heavy (non-hydrogen) atoms. The van der Waals surface area contributed by atoms with Crippen molar-refractivity contribution in [3.05, 3.63) is 28.2 Å². The predicted molar refractivity (Wildman–Crippen MR) is 51.7 cm³/mol. The van der Waals surface area contributed by atoms with Crippen molar-refractivity contribution < 1.29 is 47.3 Å². The Kier molecular flexibility index (Phi) is 6.51. The minimum atomic E-state index is -4.43. The van der Waals surface area contributed by atoms with Gasteiger partial charge in [0.15, 0.2) is 5.94 Å². The molecule has 0 aliphatic carbocycles. The molecule has 0 saturated carbocycles. The van der Waals surface area contributed by atoms with E-state index in [2.05, 4.69) is 4.74 Å². The quantitative estimate of drug-likeness (QED) is 0.519. The second kappa shape index (κ2) is 6.30. The zero-order valence-corrected chi connectivity index (χ0v) is 12.1. The van der Waals surface area contributed by atoms with Crippen molar-refractivity contribution in [1.29, 1.82) is 0 Å². The van der Waals surface area contributed by atoms with Gasteiger partial charge < -0.3 is 9.29 Å². The summed E-state index contributed by atoms with van der Waals surface area (Å²) in [7, 11) is -4.43. The molecule has 0 aromatic heterocycles. The summed E-state index contributed by atoms with van der Waals surface area (Å²) >= 11 is 11.3. The van der Waals surface area contributed by atoms with Crippen LogP contribution in [0.15, 0.2) is 18.2 Å². The third-order valence-electron chi connectivity index (χ3n) is 1.27. The van der Waals surface area contributed by atoms with Gasteiger partial charge in [-0.15, -0.1) is 0 Å². The molecule has 1 aromatic carbocycles. The Balaban J connectivity index is 0.00000196. The molecular formula is C7H5Cl2NaO4S. The summed E-state index contributed by atoms with van der Waals surface area (Å²) in [6, 6.07) is 4.46. The maximum absolute atomic E-state index is 10.2. The minimum absolute atomic E-state index is 0. The zero-order valence-electron chi connectivity index (χ0n) is 7.74. The van der Waals surface area contributed by atoms with Crippen molar-refractivity contribution >= 4 is 33.3 Å². The third kappa shape index (κ3) is 5.40. The fourth-order valence-electron chi connectivity index (χ4n) is 0.731. The summed E-state index contributed by atoms with van der Waals surface area (Å²) in [6.07, 6.45) is 0. The first-order valence-corrected chi connectivity index (χ1v) is 5.74. The monoisotopic (exact) mass is 278 g/mol. The van der Waals surface area contributed by atoms with Gasteiger partial charge in [0.1, 0.15) is 20.9 Å². The van der Waals surface area contributed by atoms with Crippen LogP contribution in [-0.2, 0) is 10.1 Å². The maximum Gasteiger partial charge on any atom is 1.00 e. The first kappa shape index (κ1) is 15.5. The molecule has 1 rings (SSSR count). The molecule has 0 spiro atoms. The first-order chi connectivity index (χ1) is 6.40. The van der Waals surface area contributed by atoms with Crippen LogP contribution in [0.4, 0.5) is 0 Å². The minimum Gasteiger partial charge on any atom is -0.745 e. The van der Waals surface area contributed by atoms with Gasteiger partial charge >= 0.3 is 29.6 Å². The molecule has 0 saturated heterocycles. The Morgan fingerprint density at radius 3 is 2.47 bits per heavy atom. The number of hydrogen-bond acceptors (Lipinski definition) is 4. The Morgan fingerprint density at radius 1 is 1.33 bits per heavy atom. The average molecular weight is 279 g/mol. The van der Waals surface area contributed by atoms with Gasteiger partial charge in [0.25, 0.3) is 0 Å². The number of benzene rings is 1. The van der Waals surface area contributed by atoms with E-state index in [9.17, 15) is 13.0 Å². The molecule has 0 aliphatic rings. The van der Waals surface area contributed by atoms with Crippen LogP contribution in [-0.4, -0.2) is 18.9 Å². The van der Waals surface area contributed by atoms with Crippen LogP contribution < -0.4 is 34.3 Å². The topological polar surface area (TPSA) is 66.4 Å². The van der Waals surface area contributed by atoms with Crippen LogP contribution in [0.1, 0.15) is 0 Å². The van der Waals surface area contributed by atoms with Crippen molar-refractivity contribution in [3.8, 4) is 5.75 Å². The molecule has 1 aromatic rings. The number of ether oxygens (including phenoxy) is 1. The van der Waals surface area contributed by atoms with E-state index in [1.807, 2.05) is 0 Å². The SMILES string of the molecule is O=S(=O)([O-])COc1cccc(Cl)c1Cl.[Na+]. The average Bonchev–Trinajstić information content (AvgIpc) is 2.06. The second-order valence-corrected chi connectivity index (χ2v) is 4.51. The number of hydrogen-bond donors (Lipinski definition) is 0. The molecule has 4 nitrogen and oxygen atoms in total. The van der Waals surface area contributed by atoms with Gasteiger partial charge in [0, 0.05) is 0 Å². The van der Waals surface area contributed by atoms with Crippen LogP contribution in [0, 0.1) is 0 Å². The molecule has 78 valence electrons. The Bertz CT molecular complexity index is 435. The predicted octanol–water partition coefficient (Wildman–Crippen LogP) is -1.12. The van der Waals surface area contributed by atoms with E-state index in [1.54, 1.807) is 0 Å². The van der Waals surface area contributed by atoms with Crippen LogP contribution in [0.25, 0.3) is 0 Å². The van der Waals surface area contributed by atoms with Crippen molar-refractivity contribution in [3.63, 3.8) is 0 Å². The van der Waals surface area contributed by atoms with Gasteiger partial charge in [-0.1, -0.05) is 29.3 Å². The summed E-state index contributed by atoms with van der Waals surface area (Å²) in [4.78, 5) is 0. The van der Waals surface area contributed by atoms with E-state index in [0.29, 0.717) is 0 Å². The Hall–Kier alpha value is 0.510. The van der Waals surface area contributed by atoms with Crippen LogP contribution in [0.3, 0.4) is 0 Å². The molecular weight excluding hydrogens is 274 g/mol. The molecule has 0 bridgehead atoms. The van der Waals surface area contributed by atoms with Crippen molar-refractivity contribution in [2.75, 3.05) is 5.94 Å². The summed E-state index contributed by atoms with van der Waals surface area (Å²) in [5.74, 6) is -0.897. The molecule has 0 N–H and O–H groups in total. The summed E-state index contributed by atoms with van der Waals surface area (Å²) in [5, 5.41) is 0.310. The summed E-state index contributed by atoms with van der Waals surface area (Å²) in [5.41, 5.74) is 0. The Labute approximate surface area is 120 Å². The van der Waals surface area contributed by atoms with Crippen LogP contribution in [0.5, 0.6) is 5.75 Å². The van der Waals surface area contributed by atoms with Crippen molar-refractivity contribution in [2.45, 2.75) is 0 Å². The number of rotatable bonds is 3. The molecule has 0 unspecified atom stereocenters. The van der Waals surface area contributed by atoms with Gasteiger partial charge in [-0.3, -0.25) is 0 Å². The van der Waals surface area contributed by atoms with Gasteiger partial charge in [-0.25, -0.2) is 8.42 Å². The van der Waals surface area contributed by atoms with Crippen LogP contribution >= 0.6 is 23.2 Å². The fraction of sp³-hybridized carbons (Fsp3) is 0.143. The molecule has 0 amide bonds. The van der Waals surface area contributed by atoms with Crippen LogP contribution in [0.2, 0.25) is 10.0 Å². The second-order valence-electron chi connectivity index (χ2n) is 2.37. The van der Waals surface area contributed by atoms with E-state index in [0.717, 1.165) is 0 Å². The molecule has 0 atom stereocenters. The van der Waals surface area contributed by atoms with E-state index >= 15 is 0 Å². The molecule has 0 heterocycles. The van der Waals surface area contributed by atoms with Gasteiger partial charge in [-0.05, 0) is 12.1 Å². The van der Waals surface area contributed by atoms with E-state index < -0.39 is 16.1 Å². The fourth-order valence-corrected chi connectivity index (χ4v) is 1.35. The van der Waals surface area contributed by atoms with E-state index in [4.69, 9.17) is 23.2 Å². The van der Waals surface area contributed by atoms with Gasteiger partial charge in [-0.2, -0.15) is 0 Å². The van der Waals surface area contributed by atoms with E-state index in [-0.39, 0.29) is 45.4 Å². The molecule has 0 radical (unpaired) electrons. The van der Waals surface area contributed by atoms with E-state index in [1.165, 1.54) is 18.2 Å².